The smallest absolute Gasteiger partial charge is 0.247 e. The van der Waals surface area contributed by atoms with E-state index in [9.17, 15) is 17.2 Å². The molecule has 3 nitrogen and oxygen atoms in total. The predicted octanol–water partition coefficient (Wildman–Crippen LogP) is 3.47. The highest BCUT2D eigenvalue weighted by atomic mass is 79.9. The van der Waals surface area contributed by atoms with Gasteiger partial charge in [0.2, 0.25) is 0 Å². The van der Waals surface area contributed by atoms with E-state index < -0.39 is 25.9 Å². The van der Waals surface area contributed by atoms with Gasteiger partial charge in [-0.2, -0.15) is 0 Å². The first-order chi connectivity index (χ1) is 6.75. The van der Waals surface area contributed by atoms with Crippen molar-refractivity contribution in [2.45, 2.75) is 11.3 Å². The number of alkyl halides is 2. The van der Waals surface area contributed by atoms with E-state index in [1.807, 2.05) is 0 Å². The van der Waals surface area contributed by atoms with Gasteiger partial charge in [-0.25, -0.2) is 22.2 Å². The van der Waals surface area contributed by atoms with Crippen LogP contribution < -0.4 is 0 Å². The third kappa shape index (κ3) is 2.86. The Balaban J connectivity index is 3.56. The minimum absolute atomic E-state index is 0.131. The summed E-state index contributed by atoms with van der Waals surface area (Å²) >= 11 is 5.54. The number of hydrogen-bond acceptors (Lipinski definition) is 3. The molecule has 1 aromatic rings. The normalized spacial score (nSPS) is 12.1. The molecule has 0 aliphatic rings. The van der Waals surface area contributed by atoms with E-state index in [1.165, 1.54) is 0 Å². The van der Waals surface area contributed by atoms with Crippen molar-refractivity contribution in [1.82, 2.24) is 4.98 Å². The Kier molecular flexibility index (Phi) is 4.07. The Morgan fingerprint density at radius 2 is 1.93 bits per heavy atom. The van der Waals surface area contributed by atoms with E-state index in [4.69, 9.17) is 10.7 Å². The number of halogens is 5. The summed E-state index contributed by atoms with van der Waals surface area (Å²) in [5, 5.41) is 0. The molecule has 0 saturated heterocycles. The van der Waals surface area contributed by atoms with Crippen LogP contribution in [0.5, 0.6) is 0 Å². The first kappa shape index (κ1) is 13.3. The Morgan fingerprint density at radius 3 is 2.33 bits per heavy atom. The number of aromatic nitrogens is 1. The van der Waals surface area contributed by atoms with Gasteiger partial charge in [0, 0.05) is 16.9 Å². The first-order valence-electron chi connectivity index (χ1n) is 3.32. The number of nitrogens with zero attached hydrogens (tertiary/aromatic N) is 1. The molecule has 0 aliphatic carbocycles. The monoisotopic (exact) mass is 383 g/mol. The van der Waals surface area contributed by atoms with Crippen molar-refractivity contribution in [3.05, 3.63) is 20.8 Å². The zero-order valence-corrected chi connectivity index (χ0v) is 11.5. The third-order valence-electron chi connectivity index (χ3n) is 1.45. The number of rotatable bonds is 2. The summed E-state index contributed by atoms with van der Waals surface area (Å²) in [4.78, 5) is 2.99. The summed E-state index contributed by atoms with van der Waals surface area (Å²) in [5.41, 5.74) is -0.545. The molecule has 0 saturated carbocycles. The quantitative estimate of drug-likeness (QED) is 0.579. The summed E-state index contributed by atoms with van der Waals surface area (Å²) < 4.78 is 46.6. The van der Waals surface area contributed by atoms with Gasteiger partial charge in [-0.05, 0) is 31.9 Å². The lowest BCUT2D eigenvalue weighted by molar-refractivity contribution is 0.148. The van der Waals surface area contributed by atoms with Gasteiger partial charge in [-0.3, -0.25) is 0 Å². The van der Waals surface area contributed by atoms with E-state index >= 15 is 0 Å². The maximum atomic E-state index is 12.5. The van der Waals surface area contributed by atoms with Crippen LogP contribution in [0.15, 0.2) is 20.2 Å². The molecule has 0 aromatic carbocycles. The minimum Gasteiger partial charge on any atom is -0.247 e. The summed E-state index contributed by atoms with van der Waals surface area (Å²) in [5.74, 6) is 0. The van der Waals surface area contributed by atoms with Crippen LogP contribution in [-0.4, -0.2) is 13.4 Å². The largest absolute Gasteiger partial charge is 0.267 e. The molecular formula is C6H2Br2ClF2NO2S. The Morgan fingerprint density at radius 1 is 1.40 bits per heavy atom. The molecule has 0 spiro atoms. The zero-order valence-electron chi connectivity index (χ0n) is 6.72. The molecule has 0 fully saturated rings. The van der Waals surface area contributed by atoms with Gasteiger partial charge in [0.05, 0.1) is 10.0 Å². The highest BCUT2D eigenvalue weighted by Crippen LogP contribution is 2.37. The van der Waals surface area contributed by atoms with Crippen LogP contribution in [0.3, 0.4) is 0 Å². The lowest BCUT2D eigenvalue weighted by Gasteiger charge is -2.08. The molecule has 0 bridgehead atoms. The van der Waals surface area contributed by atoms with Crippen LogP contribution in [-0.2, 0) is 9.05 Å². The third-order valence-corrected chi connectivity index (χ3v) is 4.53. The molecule has 0 radical (unpaired) electrons. The van der Waals surface area contributed by atoms with Crippen LogP contribution in [0.1, 0.15) is 12.0 Å². The van der Waals surface area contributed by atoms with Crippen LogP contribution >= 0.6 is 42.5 Å². The van der Waals surface area contributed by atoms with Crippen molar-refractivity contribution in [2.24, 2.45) is 0 Å². The van der Waals surface area contributed by atoms with E-state index in [-0.39, 0.29) is 9.08 Å². The molecule has 0 atom stereocenters. The minimum atomic E-state index is -4.10. The van der Waals surface area contributed by atoms with Crippen LogP contribution in [0.2, 0.25) is 0 Å². The fourth-order valence-corrected chi connectivity index (χ4v) is 3.80. The molecule has 0 N–H and O–H groups in total. The maximum Gasteiger partial charge on any atom is 0.267 e. The molecular weight excluding hydrogens is 383 g/mol. The van der Waals surface area contributed by atoms with Gasteiger partial charge in [-0.15, -0.1) is 0 Å². The van der Waals surface area contributed by atoms with Crippen LogP contribution in [0.25, 0.3) is 0 Å². The fraction of sp³-hybridized carbons (Fsp3) is 0.167. The second-order valence-electron chi connectivity index (χ2n) is 2.38. The zero-order chi connectivity index (χ0) is 11.8. The van der Waals surface area contributed by atoms with Crippen molar-refractivity contribution in [3.63, 3.8) is 0 Å². The SMILES string of the molecule is O=S(=O)(Cl)c1cnc(Br)c(C(F)F)c1Br. The lowest BCUT2D eigenvalue weighted by atomic mass is 10.3. The topological polar surface area (TPSA) is 47.0 Å². The second-order valence-corrected chi connectivity index (χ2v) is 6.46. The van der Waals surface area contributed by atoms with Crippen molar-refractivity contribution >= 4 is 51.6 Å². The standard InChI is InChI=1S/C6H2Br2ClF2NO2S/c7-4-2(15(9,13)14)1-12-5(8)3(4)6(10)11/h1,6H. The van der Waals surface area contributed by atoms with Crippen molar-refractivity contribution in [3.8, 4) is 0 Å². The molecule has 1 rings (SSSR count). The molecule has 1 heterocycles. The van der Waals surface area contributed by atoms with E-state index in [1.54, 1.807) is 0 Å². The molecule has 1 aromatic heterocycles. The molecule has 0 amide bonds. The Labute approximate surface area is 106 Å². The molecule has 84 valence electrons. The summed E-state index contributed by atoms with van der Waals surface area (Å²) in [7, 11) is 0.937. The highest BCUT2D eigenvalue weighted by molar-refractivity contribution is 9.11. The van der Waals surface area contributed by atoms with Gasteiger partial charge in [0.15, 0.2) is 0 Å². The van der Waals surface area contributed by atoms with Crippen LogP contribution in [0.4, 0.5) is 8.78 Å². The molecule has 0 unspecified atom stereocenters. The van der Waals surface area contributed by atoms with Crippen molar-refractivity contribution < 1.29 is 17.2 Å². The summed E-state index contributed by atoms with van der Waals surface area (Å²) in [6.45, 7) is 0. The molecule has 9 heteroatoms. The second kappa shape index (κ2) is 4.60. The van der Waals surface area contributed by atoms with E-state index in [0.717, 1.165) is 6.20 Å². The number of hydrogen-bond donors (Lipinski definition) is 0. The lowest BCUT2D eigenvalue weighted by Crippen LogP contribution is -2.00. The Bertz CT molecular complexity index is 494. The van der Waals surface area contributed by atoms with Crippen molar-refractivity contribution in [1.29, 1.82) is 0 Å². The van der Waals surface area contributed by atoms with Crippen LogP contribution in [0, 0.1) is 0 Å². The van der Waals surface area contributed by atoms with E-state index in [0.29, 0.717) is 0 Å². The van der Waals surface area contributed by atoms with Gasteiger partial charge < -0.3 is 0 Å². The van der Waals surface area contributed by atoms with Crippen molar-refractivity contribution in [2.75, 3.05) is 0 Å². The van der Waals surface area contributed by atoms with E-state index in [2.05, 4.69) is 36.8 Å². The average Bonchev–Trinajstić information content (AvgIpc) is 2.00. The molecule has 0 aliphatic heterocycles. The fourth-order valence-electron chi connectivity index (χ4n) is 0.821. The maximum absolute atomic E-state index is 12.5. The van der Waals surface area contributed by atoms with Gasteiger partial charge in [0.1, 0.15) is 9.50 Å². The van der Waals surface area contributed by atoms with Gasteiger partial charge >= 0.3 is 0 Å². The predicted molar refractivity (Wildman–Crippen MR) is 57.6 cm³/mol. The average molecular weight is 385 g/mol. The van der Waals surface area contributed by atoms with Gasteiger partial charge in [0.25, 0.3) is 15.5 Å². The number of pyridine rings is 1. The Hall–Kier alpha value is 0.210. The summed E-state index contributed by atoms with van der Waals surface area (Å²) in [6.07, 6.45) is -1.97. The summed E-state index contributed by atoms with van der Waals surface area (Å²) in [6, 6.07) is 0. The molecule has 15 heavy (non-hydrogen) atoms. The first-order valence-corrected chi connectivity index (χ1v) is 7.21. The highest BCUT2D eigenvalue weighted by Gasteiger charge is 2.24. The van der Waals surface area contributed by atoms with Gasteiger partial charge in [-0.1, -0.05) is 0 Å².